The average Bonchev–Trinajstić information content (AvgIpc) is 2.31. The number of carbonyl (C=O) groups is 2. The third-order valence-electron chi connectivity index (χ3n) is 2.51. The van der Waals surface area contributed by atoms with Gasteiger partial charge < -0.3 is 0 Å². The van der Waals surface area contributed by atoms with Crippen molar-refractivity contribution in [3.63, 3.8) is 0 Å². The van der Waals surface area contributed by atoms with E-state index in [0.717, 1.165) is 19.9 Å². The van der Waals surface area contributed by atoms with Gasteiger partial charge in [0.15, 0.2) is 23.3 Å². The lowest BCUT2D eigenvalue weighted by molar-refractivity contribution is -0.127. The minimum absolute atomic E-state index is 0.860. The predicted molar refractivity (Wildman–Crippen MR) is 55.1 cm³/mol. The molecule has 1 aromatic rings. The van der Waals surface area contributed by atoms with Gasteiger partial charge in [-0.05, 0) is 13.8 Å². The lowest BCUT2D eigenvalue weighted by atomic mass is 9.90. The summed E-state index contributed by atoms with van der Waals surface area (Å²) in [6.07, 6.45) is 0. The first-order valence-electron chi connectivity index (χ1n) is 5.00. The van der Waals surface area contributed by atoms with E-state index in [2.05, 4.69) is 0 Å². The van der Waals surface area contributed by atoms with Crippen LogP contribution in [-0.4, -0.2) is 11.6 Å². The molecule has 0 fully saturated rings. The molecule has 1 aromatic carbocycles. The van der Waals surface area contributed by atoms with E-state index in [1.165, 1.54) is 0 Å². The summed E-state index contributed by atoms with van der Waals surface area (Å²) in [4.78, 5) is 22.4. The lowest BCUT2D eigenvalue weighted by Crippen LogP contribution is -2.22. The van der Waals surface area contributed by atoms with Crippen molar-refractivity contribution in [1.82, 2.24) is 0 Å². The number of benzene rings is 1. The molecule has 0 unspecified atom stereocenters. The second-order valence-electron chi connectivity index (χ2n) is 3.81. The molecule has 0 spiro atoms. The standard InChI is InChI=1S/C12H7F4NO2/c1-4(18)7(5(2)19)8-11(15)9(13)6(3-17)10(14)12(8)16/h7H,1-2H3. The zero-order chi connectivity index (χ0) is 14.9. The third-order valence-corrected chi connectivity index (χ3v) is 2.51. The molecular formula is C12H7F4NO2. The minimum Gasteiger partial charge on any atom is -0.299 e. The summed E-state index contributed by atoms with van der Waals surface area (Å²) in [6.45, 7) is 1.72. The van der Waals surface area contributed by atoms with Crippen LogP contribution in [0.5, 0.6) is 0 Å². The third kappa shape index (κ3) is 2.34. The number of rotatable bonds is 3. The molecule has 0 amide bonds. The molecule has 0 radical (unpaired) electrons. The van der Waals surface area contributed by atoms with Crippen molar-refractivity contribution in [2.75, 3.05) is 0 Å². The average molecular weight is 273 g/mol. The van der Waals surface area contributed by atoms with Crippen molar-refractivity contribution >= 4 is 11.6 Å². The number of halogens is 4. The van der Waals surface area contributed by atoms with Gasteiger partial charge in [0, 0.05) is 5.56 Å². The topological polar surface area (TPSA) is 57.9 Å². The zero-order valence-electron chi connectivity index (χ0n) is 9.85. The summed E-state index contributed by atoms with van der Waals surface area (Å²) < 4.78 is 54.0. The maximum absolute atomic E-state index is 13.6. The number of hydrogen-bond acceptors (Lipinski definition) is 3. The van der Waals surface area contributed by atoms with Crippen molar-refractivity contribution in [2.45, 2.75) is 19.8 Å². The molecule has 0 N–H and O–H groups in total. The van der Waals surface area contributed by atoms with Crippen molar-refractivity contribution in [1.29, 1.82) is 5.26 Å². The fraction of sp³-hybridized carbons (Fsp3) is 0.250. The Morgan fingerprint density at radius 1 is 0.947 bits per heavy atom. The summed E-state index contributed by atoms with van der Waals surface area (Å²) in [6, 6.07) is 0.970. The number of carbonyl (C=O) groups excluding carboxylic acids is 2. The van der Waals surface area contributed by atoms with Crippen LogP contribution in [-0.2, 0) is 9.59 Å². The van der Waals surface area contributed by atoms with E-state index in [9.17, 15) is 27.2 Å². The van der Waals surface area contributed by atoms with Crippen LogP contribution in [0.1, 0.15) is 30.9 Å². The normalized spacial score (nSPS) is 10.4. The van der Waals surface area contributed by atoms with Gasteiger partial charge in [-0.3, -0.25) is 9.59 Å². The van der Waals surface area contributed by atoms with Crippen molar-refractivity contribution in [2.24, 2.45) is 0 Å². The van der Waals surface area contributed by atoms with Gasteiger partial charge in [0.2, 0.25) is 0 Å². The first kappa shape index (κ1) is 14.8. The fourth-order valence-electron chi connectivity index (χ4n) is 1.69. The molecule has 0 aliphatic carbocycles. The van der Waals surface area contributed by atoms with Gasteiger partial charge in [-0.25, -0.2) is 17.6 Å². The minimum atomic E-state index is -1.95. The number of hydrogen-bond donors (Lipinski definition) is 0. The van der Waals surface area contributed by atoms with Crippen LogP contribution in [0.3, 0.4) is 0 Å². The Balaban J connectivity index is 3.76. The summed E-state index contributed by atoms with van der Waals surface area (Å²) in [5.41, 5.74) is -2.75. The zero-order valence-corrected chi connectivity index (χ0v) is 9.85. The molecule has 0 saturated carbocycles. The van der Waals surface area contributed by atoms with E-state index in [0.29, 0.717) is 0 Å². The summed E-state index contributed by atoms with van der Waals surface area (Å²) in [5.74, 6) is -11.6. The molecule has 0 bridgehead atoms. The second kappa shape index (κ2) is 5.18. The molecule has 7 heteroatoms. The van der Waals surface area contributed by atoms with Gasteiger partial charge in [-0.1, -0.05) is 0 Å². The molecule has 0 saturated heterocycles. The van der Waals surface area contributed by atoms with E-state index in [1.54, 1.807) is 0 Å². The predicted octanol–water partition coefficient (Wildman–Crippen LogP) is 2.38. The van der Waals surface area contributed by atoms with E-state index in [1.807, 2.05) is 0 Å². The Morgan fingerprint density at radius 2 is 1.32 bits per heavy atom. The van der Waals surface area contributed by atoms with Gasteiger partial charge in [0.25, 0.3) is 0 Å². The van der Waals surface area contributed by atoms with Crippen LogP contribution in [0.4, 0.5) is 17.6 Å². The first-order chi connectivity index (χ1) is 8.73. The Labute approximate surface area is 105 Å². The van der Waals surface area contributed by atoms with Crippen LogP contribution >= 0.6 is 0 Å². The van der Waals surface area contributed by atoms with Crippen molar-refractivity contribution < 1.29 is 27.2 Å². The van der Waals surface area contributed by atoms with Crippen LogP contribution < -0.4 is 0 Å². The number of nitrogens with zero attached hydrogens (tertiary/aromatic N) is 1. The molecule has 0 aliphatic rings. The molecule has 0 heterocycles. The van der Waals surface area contributed by atoms with Gasteiger partial charge in [0.1, 0.15) is 29.1 Å². The Bertz CT molecular complexity index is 576. The molecule has 0 aromatic heterocycles. The molecule has 3 nitrogen and oxygen atoms in total. The van der Waals surface area contributed by atoms with E-state index in [4.69, 9.17) is 5.26 Å². The van der Waals surface area contributed by atoms with Gasteiger partial charge in [-0.2, -0.15) is 5.26 Å². The highest BCUT2D eigenvalue weighted by Gasteiger charge is 2.34. The number of nitriles is 1. The van der Waals surface area contributed by atoms with Gasteiger partial charge in [0.05, 0.1) is 0 Å². The van der Waals surface area contributed by atoms with Crippen molar-refractivity contribution in [3.8, 4) is 6.07 Å². The Morgan fingerprint density at radius 3 is 1.58 bits per heavy atom. The molecular weight excluding hydrogens is 266 g/mol. The lowest BCUT2D eigenvalue weighted by Gasteiger charge is -2.14. The van der Waals surface area contributed by atoms with E-state index in [-0.39, 0.29) is 0 Å². The highest BCUT2D eigenvalue weighted by atomic mass is 19.2. The van der Waals surface area contributed by atoms with Crippen LogP contribution in [0.25, 0.3) is 0 Å². The Kier molecular flexibility index (Phi) is 4.04. The summed E-state index contributed by atoms with van der Waals surface area (Å²) >= 11 is 0. The maximum Gasteiger partial charge on any atom is 0.180 e. The van der Waals surface area contributed by atoms with E-state index < -0.39 is 51.9 Å². The number of Topliss-reactive ketones (excluding diaryl/α,β-unsaturated/α-hetero) is 2. The number of ketones is 2. The first-order valence-corrected chi connectivity index (χ1v) is 5.00. The highest BCUT2D eigenvalue weighted by Crippen LogP contribution is 2.30. The smallest absolute Gasteiger partial charge is 0.180 e. The Hall–Kier alpha value is -2.23. The van der Waals surface area contributed by atoms with Gasteiger partial charge in [-0.15, -0.1) is 0 Å². The van der Waals surface area contributed by atoms with Crippen LogP contribution in [0.2, 0.25) is 0 Å². The fourth-order valence-corrected chi connectivity index (χ4v) is 1.69. The molecule has 0 atom stereocenters. The largest absolute Gasteiger partial charge is 0.299 e. The van der Waals surface area contributed by atoms with Crippen LogP contribution in [0, 0.1) is 34.6 Å². The molecule has 19 heavy (non-hydrogen) atoms. The van der Waals surface area contributed by atoms with Crippen LogP contribution in [0.15, 0.2) is 0 Å². The quantitative estimate of drug-likeness (QED) is 0.482. The summed E-state index contributed by atoms with van der Waals surface area (Å²) in [5, 5.41) is 8.40. The van der Waals surface area contributed by atoms with E-state index >= 15 is 0 Å². The summed E-state index contributed by atoms with van der Waals surface area (Å²) in [7, 11) is 0. The highest BCUT2D eigenvalue weighted by molar-refractivity contribution is 6.05. The molecule has 0 aliphatic heterocycles. The second-order valence-corrected chi connectivity index (χ2v) is 3.81. The maximum atomic E-state index is 13.6. The van der Waals surface area contributed by atoms with Gasteiger partial charge >= 0.3 is 0 Å². The monoisotopic (exact) mass is 273 g/mol. The molecule has 1 rings (SSSR count). The SMILES string of the molecule is CC(=O)C(C(C)=O)c1c(F)c(F)c(C#N)c(F)c1F. The van der Waals surface area contributed by atoms with Crippen molar-refractivity contribution in [3.05, 3.63) is 34.4 Å². The molecule has 100 valence electrons.